The second kappa shape index (κ2) is 9.30. The number of amides is 1. The molecule has 9 heteroatoms. The van der Waals surface area contributed by atoms with E-state index in [0.717, 1.165) is 22.0 Å². The molecule has 0 spiro atoms. The third kappa shape index (κ3) is 3.90. The third-order valence-electron chi connectivity index (χ3n) is 6.70. The summed E-state index contributed by atoms with van der Waals surface area (Å²) in [4.78, 5) is 34.5. The van der Waals surface area contributed by atoms with Crippen LogP contribution in [0, 0.1) is 0 Å². The van der Waals surface area contributed by atoms with Crippen molar-refractivity contribution in [1.82, 2.24) is 14.9 Å². The average molecular weight is 481 g/mol. The number of carbonyl (C=O) groups excluding carboxylic acids is 1. The van der Waals surface area contributed by atoms with E-state index < -0.39 is 17.1 Å². The topological polar surface area (TPSA) is 133 Å². The lowest BCUT2D eigenvalue weighted by molar-refractivity contribution is -0.141. The summed E-state index contributed by atoms with van der Waals surface area (Å²) in [6.07, 6.45) is 0.0117. The lowest BCUT2D eigenvalue weighted by Gasteiger charge is -2.28. The van der Waals surface area contributed by atoms with Crippen molar-refractivity contribution in [2.75, 3.05) is 0 Å². The number of carbonyl (C=O) groups is 1. The molecule has 0 unspecified atom stereocenters. The van der Waals surface area contributed by atoms with Gasteiger partial charge in [-0.25, -0.2) is 4.98 Å². The maximum absolute atomic E-state index is 13.6. The van der Waals surface area contributed by atoms with Crippen LogP contribution in [0.2, 0.25) is 0 Å². The molecule has 9 nitrogen and oxygen atoms in total. The Morgan fingerprint density at radius 1 is 1.19 bits per heavy atom. The van der Waals surface area contributed by atoms with E-state index in [9.17, 15) is 14.7 Å². The van der Waals surface area contributed by atoms with E-state index in [-0.39, 0.29) is 30.6 Å². The number of hydrogen-bond donors (Lipinski definition) is 2. The van der Waals surface area contributed by atoms with Crippen molar-refractivity contribution in [3.8, 4) is 11.4 Å². The first kappa shape index (κ1) is 23.3. The molecule has 2 N–H and O–H groups in total. The molecule has 0 radical (unpaired) electrons. The third-order valence-corrected chi connectivity index (χ3v) is 6.70. The van der Waals surface area contributed by atoms with Gasteiger partial charge in [0.05, 0.1) is 30.0 Å². The highest BCUT2D eigenvalue weighted by molar-refractivity contribution is 5.88. The average Bonchev–Trinajstić information content (AvgIpc) is 3.27. The molecule has 1 amide bonds. The minimum atomic E-state index is -2.01. The van der Waals surface area contributed by atoms with Gasteiger partial charge in [-0.15, -0.1) is 0 Å². The number of azide groups is 1. The number of fused-ring (bicyclic) bond motifs is 4. The van der Waals surface area contributed by atoms with Crippen LogP contribution in [0.3, 0.4) is 0 Å². The Morgan fingerprint density at radius 3 is 2.69 bits per heavy atom. The van der Waals surface area contributed by atoms with E-state index in [2.05, 4.69) is 15.3 Å². The normalized spacial score (nSPS) is 13.4. The molecule has 0 saturated heterocycles. The predicted octanol–water partition coefficient (Wildman–Crippen LogP) is 4.15. The first-order valence-electron chi connectivity index (χ1n) is 11.7. The monoisotopic (exact) mass is 480 g/mol. The molecule has 180 valence electrons. The van der Waals surface area contributed by atoms with E-state index in [4.69, 9.17) is 10.5 Å². The Balaban J connectivity index is 1.63. The minimum Gasteiger partial charge on any atom is -0.375 e. The lowest BCUT2D eigenvalue weighted by Crippen LogP contribution is -2.45. The van der Waals surface area contributed by atoms with Crippen LogP contribution in [0.15, 0.2) is 76.6 Å². The van der Waals surface area contributed by atoms with Crippen molar-refractivity contribution in [1.29, 1.82) is 0 Å². The zero-order valence-corrected chi connectivity index (χ0v) is 19.7. The van der Waals surface area contributed by atoms with Gasteiger partial charge in [-0.1, -0.05) is 60.6 Å². The van der Waals surface area contributed by atoms with Gasteiger partial charge < -0.3 is 15.0 Å². The SMILES string of the molecule is CC[C@@](O)(C(=O)NCc1ccccc1)c1cc2n(c(=O)c1CN=[N+]=[N-])Cc1cc3ccccc3nc1-2. The summed E-state index contributed by atoms with van der Waals surface area (Å²) in [5, 5.41) is 19.0. The molecule has 1 aliphatic rings. The molecule has 3 heterocycles. The fourth-order valence-electron chi connectivity index (χ4n) is 4.74. The van der Waals surface area contributed by atoms with Crippen molar-refractivity contribution in [3.05, 3.63) is 110 Å². The van der Waals surface area contributed by atoms with Crippen molar-refractivity contribution < 1.29 is 9.90 Å². The molecule has 36 heavy (non-hydrogen) atoms. The quantitative estimate of drug-likeness (QED) is 0.206. The number of pyridine rings is 2. The molecule has 2 aromatic heterocycles. The van der Waals surface area contributed by atoms with Crippen LogP contribution >= 0.6 is 0 Å². The Kier molecular flexibility index (Phi) is 6.01. The number of aliphatic hydroxyl groups is 1. The first-order chi connectivity index (χ1) is 17.5. The maximum atomic E-state index is 13.6. The fourth-order valence-corrected chi connectivity index (χ4v) is 4.74. The van der Waals surface area contributed by atoms with E-state index in [1.165, 1.54) is 0 Å². The smallest absolute Gasteiger partial charge is 0.256 e. The zero-order valence-electron chi connectivity index (χ0n) is 19.7. The van der Waals surface area contributed by atoms with Crippen LogP contribution in [0.4, 0.5) is 0 Å². The van der Waals surface area contributed by atoms with Gasteiger partial charge in [0.1, 0.15) is 0 Å². The molecule has 0 fully saturated rings. The van der Waals surface area contributed by atoms with Crippen molar-refractivity contribution in [2.24, 2.45) is 5.11 Å². The van der Waals surface area contributed by atoms with Gasteiger partial charge in [0.25, 0.3) is 11.5 Å². The second-order valence-electron chi connectivity index (χ2n) is 8.77. The van der Waals surface area contributed by atoms with Crippen molar-refractivity contribution >= 4 is 16.8 Å². The summed E-state index contributed by atoms with van der Waals surface area (Å²) >= 11 is 0. The molecule has 0 aliphatic carbocycles. The van der Waals surface area contributed by atoms with Crippen LogP contribution in [-0.2, 0) is 30.0 Å². The van der Waals surface area contributed by atoms with Crippen LogP contribution in [0.25, 0.3) is 32.7 Å². The number of nitrogens with one attached hydrogen (secondary N) is 1. The Labute approximate surface area is 206 Å². The zero-order chi connectivity index (χ0) is 25.3. The summed E-state index contributed by atoms with van der Waals surface area (Å²) in [5.41, 5.74) is 10.4. The number of nitrogens with zero attached hydrogens (tertiary/aromatic N) is 5. The lowest BCUT2D eigenvalue weighted by atomic mass is 9.86. The standard InChI is InChI=1S/C27H24N6O3/c1-2-27(36,26(35)29-14-17-8-4-3-5-9-17)21-13-23-24-19(12-18-10-6-7-11-22(18)31-24)16-33(23)25(34)20(21)15-30-32-28/h3-13,36H,2,14-16H2,1H3,(H,29,35)/t27-/m0/s1. The number of rotatable bonds is 7. The summed E-state index contributed by atoms with van der Waals surface area (Å²) in [6.45, 7) is 1.90. The highest BCUT2D eigenvalue weighted by Crippen LogP contribution is 2.36. The second-order valence-corrected chi connectivity index (χ2v) is 8.77. The van der Waals surface area contributed by atoms with Gasteiger partial charge >= 0.3 is 0 Å². The fraction of sp³-hybridized carbons (Fsp3) is 0.222. The molecule has 0 saturated carbocycles. The van der Waals surface area contributed by atoms with Crippen molar-refractivity contribution in [3.63, 3.8) is 0 Å². The van der Waals surface area contributed by atoms with Gasteiger partial charge in [-0.2, -0.15) is 0 Å². The molecule has 4 aromatic rings. The molecule has 1 aliphatic heterocycles. The Bertz CT molecular complexity index is 1590. The number of aromatic nitrogens is 2. The summed E-state index contributed by atoms with van der Waals surface area (Å²) in [7, 11) is 0. The number of para-hydroxylation sites is 1. The Hall–Kier alpha value is -4.46. The van der Waals surface area contributed by atoms with E-state index in [1.54, 1.807) is 17.6 Å². The predicted molar refractivity (Wildman–Crippen MR) is 136 cm³/mol. The molecule has 1 atom stereocenters. The van der Waals surface area contributed by atoms with Crippen LogP contribution in [0.1, 0.15) is 35.6 Å². The number of hydrogen-bond acceptors (Lipinski definition) is 5. The first-order valence-corrected chi connectivity index (χ1v) is 11.7. The summed E-state index contributed by atoms with van der Waals surface area (Å²) in [5.74, 6) is -0.634. The van der Waals surface area contributed by atoms with Crippen LogP contribution in [0.5, 0.6) is 0 Å². The van der Waals surface area contributed by atoms with E-state index in [1.807, 2.05) is 60.7 Å². The molecule has 0 bridgehead atoms. The summed E-state index contributed by atoms with van der Waals surface area (Å²) in [6, 6.07) is 20.6. The van der Waals surface area contributed by atoms with E-state index in [0.29, 0.717) is 17.9 Å². The van der Waals surface area contributed by atoms with Crippen LogP contribution < -0.4 is 10.9 Å². The minimum absolute atomic E-state index is 0.0117. The van der Waals surface area contributed by atoms with Gasteiger partial charge in [0.15, 0.2) is 5.60 Å². The largest absolute Gasteiger partial charge is 0.375 e. The van der Waals surface area contributed by atoms with Crippen molar-refractivity contribution in [2.45, 2.75) is 38.6 Å². The number of benzene rings is 2. The molecular formula is C27H24N6O3. The molecule has 2 aromatic carbocycles. The maximum Gasteiger partial charge on any atom is 0.256 e. The van der Waals surface area contributed by atoms with Gasteiger partial charge in [-0.05, 0) is 35.7 Å². The van der Waals surface area contributed by atoms with Gasteiger partial charge in [-0.3, -0.25) is 9.59 Å². The molecule has 5 rings (SSSR count). The van der Waals surface area contributed by atoms with E-state index >= 15 is 0 Å². The molecular weight excluding hydrogens is 456 g/mol. The highest BCUT2D eigenvalue weighted by atomic mass is 16.3. The highest BCUT2D eigenvalue weighted by Gasteiger charge is 2.40. The van der Waals surface area contributed by atoms with Gasteiger partial charge in [0, 0.05) is 33.5 Å². The summed E-state index contributed by atoms with van der Waals surface area (Å²) < 4.78 is 1.56. The Morgan fingerprint density at radius 2 is 1.94 bits per heavy atom. The van der Waals surface area contributed by atoms with Crippen LogP contribution in [-0.4, -0.2) is 20.6 Å². The van der Waals surface area contributed by atoms with Gasteiger partial charge in [0.2, 0.25) is 0 Å².